The van der Waals surface area contributed by atoms with Crippen LogP contribution in [0.3, 0.4) is 0 Å². The minimum atomic E-state index is 0.525. The second kappa shape index (κ2) is 9.49. The average molecular weight is 544 g/mol. The van der Waals surface area contributed by atoms with Crippen molar-refractivity contribution in [1.29, 1.82) is 0 Å². The molecule has 0 bridgehead atoms. The molecule has 0 spiro atoms. The summed E-state index contributed by atoms with van der Waals surface area (Å²) in [4.78, 5) is 20.0. The molecule has 3 heterocycles. The molecule has 8 aromatic rings. The zero-order valence-electron chi connectivity index (χ0n) is 23.1. The number of hydrogen-bond donors (Lipinski definition) is 0. The summed E-state index contributed by atoms with van der Waals surface area (Å²) in [7, 11) is 0. The molecule has 0 aliphatic rings. The molecule has 8 rings (SSSR count). The molecule has 6 heteroatoms. The molecule has 0 atom stereocenters. The van der Waals surface area contributed by atoms with Gasteiger partial charge in [0.1, 0.15) is 5.52 Å². The first-order valence-corrected chi connectivity index (χ1v) is 13.9. The van der Waals surface area contributed by atoms with Crippen molar-refractivity contribution in [1.82, 2.24) is 24.5 Å². The third kappa shape index (κ3) is 3.96. The first-order valence-electron chi connectivity index (χ1n) is 13.9. The number of aromatic nitrogens is 5. The highest BCUT2D eigenvalue weighted by atomic mass is 16.3. The molecule has 0 aliphatic carbocycles. The fourth-order valence-corrected chi connectivity index (χ4v) is 5.79. The second-order valence-electron chi connectivity index (χ2n) is 10.6. The fraction of sp³-hybridized carbons (Fsp3) is 0.0556. The Bertz CT molecular complexity index is 2210. The highest BCUT2D eigenvalue weighted by Crippen LogP contribution is 2.35. The Labute approximate surface area is 242 Å². The summed E-state index contributed by atoms with van der Waals surface area (Å²) in [6, 6.07) is 38.9. The summed E-state index contributed by atoms with van der Waals surface area (Å²) in [6.45, 7) is 4.18. The van der Waals surface area contributed by atoms with Crippen molar-refractivity contribution >= 4 is 32.9 Å². The number of para-hydroxylation sites is 3. The first-order chi connectivity index (χ1) is 20.6. The van der Waals surface area contributed by atoms with E-state index in [2.05, 4.69) is 73.0 Å². The molecular formula is C36H25N5O. The number of nitrogens with zero attached hydrogens (tertiary/aromatic N) is 5. The number of hydrogen-bond acceptors (Lipinski definition) is 5. The smallest absolute Gasteiger partial charge is 0.238 e. The predicted octanol–water partition coefficient (Wildman–Crippen LogP) is 8.73. The van der Waals surface area contributed by atoms with E-state index < -0.39 is 0 Å². The molecule has 0 radical (unpaired) electrons. The van der Waals surface area contributed by atoms with Crippen LogP contribution in [0, 0.1) is 13.8 Å². The van der Waals surface area contributed by atoms with Gasteiger partial charge in [0.25, 0.3) is 0 Å². The highest BCUT2D eigenvalue weighted by molar-refractivity contribution is 6.09. The summed E-state index contributed by atoms with van der Waals surface area (Å²) in [6.07, 6.45) is 0. The van der Waals surface area contributed by atoms with Crippen LogP contribution in [0.15, 0.2) is 120 Å². The maximum absolute atomic E-state index is 6.38. The van der Waals surface area contributed by atoms with Crippen LogP contribution in [-0.4, -0.2) is 24.5 Å². The average Bonchev–Trinajstić information content (AvgIpc) is 3.61. The van der Waals surface area contributed by atoms with Crippen molar-refractivity contribution in [2.75, 3.05) is 0 Å². The standard InChI is InChI=1S/C36H25N5O/c1-22-19-23(2)21-25(20-22)33-38-34(28-15-10-16-29-32(28)42-35(37-29)24-11-4-3-5-12-24)40-36(39-33)41-30-17-8-6-13-26(30)27-14-7-9-18-31(27)41/h3-21H,1-2H3. The van der Waals surface area contributed by atoms with Crippen LogP contribution in [0.4, 0.5) is 0 Å². The zero-order valence-corrected chi connectivity index (χ0v) is 23.1. The van der Waals surface area contributed by atoms with Crippen LogP contribution in [-0.2, 0) is 0 Å². The Morgan fingerprint density at radius 3 is 1.90 bits per heavy atom. The van der Waals surface area contributed by atoms with E-state index >= 15 is 0 Å². The van der Waals surface area contributed by atoms with E-state index in [4.69, 9.17) is 24.4 Å². The van der Waals surface area contributed by atoms with Crippen LogP contribution in [0.1, 0.15) is 11.1 Å². The van der Waals surface area contributed by atoms with Crippen LogP contribution in [0.2, 0.25) is 0 Å². The van der Waals surface area contributed by atoms with Crippen molar-refractivity contribution in [2.45, 2.75) is 13.8 Å². The lowest BCUT2D eigenvalue weighted by Crippen LogP contribution is -2.06. The van der Waals surface area contributed by atoms with E-state index in [0.717, 1.165) is 55.1 Å². The van der Waals surface area contributed by atoms with Gasteiger partial charge in [-0.05, 0) is 62.4 Å². The van der Waals surface area contributed by atoms with Gasteiger partial charge in [-0.1, -0.05) is 77.9 Å². The van der Waals surface area contributed by atoms with E-state index in [9.17, 15) is 0 Å². The summed E-state index contributed by atoms with van der Waals surface area (Å²) >= 11 is 0. The number of aryl methyl sites for hydroxylation is 2. The van der Waals surface area contributed by atoms with Crippen LogP contribution < -0.4 is 0 Å². The molecule has 0 N–H and O–H groups in total. The Kier molecular flexibility index (Phi) is 5.47. The molecule has 3 aromatic heterocycles. The predicted molar refractivity (Wildman–Crippen MR) is 168 cm³/mol. The Hall–Kier alpha value is -5.62. The van der Waals surface area contributed by atoms with Crippen molar-refractivity contribution in [2.24, 2.45) is 0 Å². The van der Waals surface area contributed by atoms with Gasteiger partial charge in [0.2, 0.25) is 11.8 Å². The van der Waals surface area contributed by atoms with E-state index in [1.165, 1.54) is 0 Å². The monoisotopic (exact) mass is 543 g/mol. The van der Waals surface area contributed by atoms with Crippen LogP contribution in [0.25, 0.3) is 73.1 Å². The molecule has 42 heavy (non-hydrogen) atoms. The van der Waals surface area contributed by atoms with Crippen molar-refractivity contribution in [3.63, 3.8) is 0 Å². The van der Waals surface area contributed by atoms with Crippen molar-refractivity contribution < 1.29 is 4.42 Å². The minimum Gasteiger partial charge on any atom is -0.435 e. The molecule has 0 saturated carbocycles. The van der Waals surface area contributed by atoms with Gasteiger partial charge in [0, 0.05) is 21.9 Å². The van der Waals surface area contributed by atoms with Gasteiger partial charge >= 0.3 is 0 Å². The van der Waals surface area contributed by atoms with Gasteiger partial charge in [-0.3, -0.25) is 4.57 Å². The summed E-state index contributed by atoms with van der Waals surface area (Å²) in [5.41, 5.74) is 8.37. The lowest BCUT2D eigenvalue weighted by molar-refractivity contribution is 0.620. The molecule has 0 unspecified atom stereocenters. The molecule has 0 amide bonds. The molecule has 0 fully saturated rings. The normalized spacial score (nSPS) is 11.6. The van der Waals surface area contributed by atoms with Gasteiger partial charge < -0.3 is 4.42 Å². The SMILES string of the molecule is Cc1cc(C)cc(-c2nc(-c3cccc4nc(-c5ccccc5)oc34)nc(-n3c4ccccc4c4ccccc43)n2)c1. The molecule has 5 aromatic carbocycles. The quantitative estimate of drug-likeness (QED) is 0.222. The Morgan fingerprint density at radius 1 is 0.548 bits per heavy atom. The van der Waals surface area contributed by atoms with Gasteiger partial charge in [-0.15, -0.1) is 0 Å². The molecule has 0 aliphatic heterocycles. The Balaban J connectivity index is 1.42. The number of benzene rings is 5. The minimum absolute atomic E-state index is 0.525. The van der Waals surface area contributed by atoms with Crippen molar-refractivity contribution in [3.8, 4) is 40.2 Å². The van der Waals surface area contributed by atoms with E-state index in [0.29, 0.717) is 29.1 Å². The number of oxazole rings is 1. The number of fused-ring (bicyclic) bond motifs is 4. The van der Waals surface area contributed by atoms with E-state index in [1.54, 1.807) is 0 Å². The lowest BCUT2D eigenvalue weighted by atomic mass is 10.1. The molecule has 6 nitrogen and oxygen atoms in total. The molecule has 0 saturated heterocycles. The third-order valence-corrected chi connectivity index (χ3v) is 7.56. The number of rotatable bonds is 4. The van der Waals surface area contributed by atoms with Gasteiger partial charge in [0.05, 0.1) is 16.6 Å². The van der Waals surface area contributed by atoms with Crippen molar-refractivity contribution in [3.05, 3.63) is 126 Å². The summed E-state index contributed by atoms with van der Waals surface area (Å²) in [5, 5.41) is 2.29. The fourth-order valence-electron chi connectivity index (χ4n) is 5.79. The van der Waals surface area contributed by atoms with E-state index in [-0.39, 0.29) is 0 Å². The first kappa shape index (κ1) is 24.2. The van der Waals surface area contributed by atoms with Crippen LogP contribution in [0.5, 0.6) is 0 Å². The van der Waals surface area contributed by atoms with E-state index in [1.807, 2.05) is 60.7 Å². The topological polar surface area (TPSA) is 69.6 Å². The highest BCUT2D eigenvalue weighted by Gasteiger charge is 2.20. The maximum Gasteiger partial charge on any atom is 0.238 e. The molecule has 200 valence electrons. The maximum atomic E-state index is 6.38. The molecular weight excluding hydrogens is 518 g/mol. The van der Waals surface area contributed by atoms with Crippen LogP contribution >= 0.6 is 0 Å². The largest absolute Gasteiger partial charge is 0.435 e. The Morgan fingerprint density at radius 2 is 1.19 bits per heavy atom. The van der Waals surface area contributed by atoms with Gasteiger partial charge in [-0.2, -0.15) is 9.97 Å². The lowest BCUT2D eigenvalue weighted by Gasteiger charge is -2.11. The van der Waals surface area contributed by atoms with Gasteiger partial charge in [-0.25, -0.2) is 9.97 Å². The zero-order chi connectivity index (χ0) is 28.2. The third-order valence-electron chi connectivity index (χ3n) is 7.56. The van der Waals surface area contributed by atoms with Gasteiger partial charge in [0.15, 0.2) is 17.2 Å². The summed E-state index contributed by atoms with van der Waals surface area (Å²) in [5.74, 6) is 2.23. The second-order valence-corrected chi connectivity index (χ2v) is 10.6. The summed E-state index contributed by atoms with van der Waals surface area (Å²) < 4.78 is 8.50.